The summed E-state index contributed by atoms with van der Waals surface area (Å²) in [6.07, 6.45) is 6.65. The number of amides is 2. The highest BCUT2D eigenvalue weighted by Crippen LogP contribution is 2.21. The van der Waals surface area contributed by atoms with Crippen molar-refractivity contribution in [1.29, 1.82) is 0 Å². The first-order valence-electron chi connectivity index (χ1n) is 8.27. The molecule has 0 spiro atoms. The molecular weight excluding hydrogens is 280 g/mol. The van der Waals surface area contributed by atoms with Gasteiger partial charge in [0.2, 0.25) is 5.91 Å². The lowest BCUT2D eigenvalue weighted by Gasteiger charge is -2.34. The molecule has 0 saturated carbocycles. The van der Waals surface area contributed by atoms with Gasteiger partial charge in [0.15, 0.2) is 0 Å². The van der Waals surface area contributed by atoms with Crippen LogP contribution in [0.4, 0.5) is 0 Å². The molecule has 0 N–H and O–H groups in total. The number of furan rings is 1. The number of hydrogen-bond donors (Lipinski definition) is 0. The second-order valence-corrected chi connectivity index (χ2v) is 5.85. The Morgan fingerprint density at radius 1 is 1.32 bits per heavy atom. The quantitative estimate of drug-likeness (QED) is 0.812. The van der Waals surface area contributed by atoms with Crippen molar-refractivity contribution in [2.24, 2.45) is 5.92 Å². The third-order valence-corrected chi connectivity index (χ3v) is 4.37. The van der Waals surface area contributed by atoms with Gasteiger partial charge in [-0.1, -0.05) is 13.3 Å². The van der Waals surface area contributed by atoms with Gasteiger partial charge in [0.1, 0.15) is 6.26 Å². The fraction of sp³-hybridized carbons (Fsp3) is 0.647. The summed E-state index contributed by atoms with van der Waals surface area (Å²) < 4.78 is 4.96. The van der Waals surface area contributed by atoms with Crippen molar-refractivity contribution in [3.05, 3.63) is 24.2 Å². The maximum Gasteiger partial charge on any atom is 0.257 e. The van der Waals surface area contributed by atoms with Crippen LogP contribution in [-0.4, -0.2) is 47.8 Å². The molecule has 0 atom stereocenters. The molecule has 0 bridgehead atoms. The van der Waals surface area contributed by atoms with Gasteiger partial charge in [-0.25, -0.2) is 0 Å². The fourth-order valence-electron chi connectivity index (χ4n) is 2.93. The first-order valence-corrected chi connectivity index (χ1v) is 8.27. The average molecular weight is 306 g/mol. The number of unbranched alkanes of at least 4 members (excludes halogenated alkanes) is 1. The lowest BCUT2D eigenvalue weighted by atomic mass is 9.94. The highest BCUT2D eigenvalue weighted by Gasteiger charge is 2.30. The van der Waals surface area contributed by atoms with Gasteiger partial charge in [-0.05, 0) is 32.3 Å². The topological polar surface area (TPSA) is 53.8 Å². The first-order chi connectivity index (χ1) is 10.7. The lowest BCUT2D eigenvalue weighted by Crippen LogP contribution is -2.44. The molecule has 5 nitrogen and oxygen atoms in total. The molecule has 0 aliphatic carbocycles. The van der Waals surface area contributed by atoms with E-state index < -0.39 is 0 Å². The summed E-state index contributed by atoms with van der Waals surface area (Å²) in [5.41, 5.74) is 0.586. The molecular formula is C17H26N2O3. The van der Waals surface area contributed by atoms with Gasteiger partial charge in [0.25, 0.3) is 5.91 Å². The second-order valence-electron chi connectivity index (χ2n) is 5.85. The Morgan fingerprint density at radius 3 is 2.59 bits per heavy atom. The first kappa shape index (κ1) is 16.6. The number of nitrogens with zero attached hydrogens (tertiary/aromatic N) is 2. The van der Waals surface area contributed by atoms with E-state index in [1.54, 1.807) is 6.07 Å². The SMILES string of the molecule is CCCCN(CC)C(=O)C1CCN(C(=O)c2ccoc2)CC1. The predicted molar refractivity (Wildman–Crippen MR) is 84.5 cm³/mol. The minimum absolute atomic E-state index is 0.00187. The van der Waals surface area contributed by atoms with Crippen molar-refractivity contribution in [1.82, 2.24) is 9.80 Å². The third-order valence-electron chi connectivity index (χ3n) is 4.37. The van der Waals surface area contributed by atoms with E-state index in [1.807, 2.05) is 16.7 Å². The monoisotopic (exact) mass is 306 g/mol. The standard InChI is InChI=1S/C17H26N2O3/c1-3-5-9-18(4-2)16(20)14-6-10-19(11-7-14)17(21)15-8-12-22-13-15/h8,12-14H,3-7,9-11H2,1-2H3. The molecule has 22 heavy (non-hydrogen) atoms. The largest absolute Gasteiger partial charge is 0.472 e. The van der Waals surface area contributed by atoms with Crippen LogP contribution < -0.4 is 0 Å². The molecule has 2 rings (SSSR count). The zero-order valence-corrected chi connectivity index (χ0v) is 13.6. The van der Waals surface area contributed by atoms with Crippen LogP contribution in [0.15, 0.2) is 23.0 Å². The number of hydrogen-bond acceptors (Lipinski definition) is 3. The summed E-state index contributed by atoms with van der Waals surface area (Å²) in [6.45, 7) is 7.08. The molecule has 2 heterocycles. The van der Waals surface area contributed by atoms with Gasteiger partial charge in [0.05, 0.1) is 11.8 Å². The van der Waals surface area contributed by atoms with Gasteiger partial charge in [-0.15, -0.1) is 0 Å². The molecule has 0 aromatic carbocycles. The number of carbonyl (C=O) groups excluding carboxylic acids is 2. The molecule has 1 aliphatic rings. The number of piperidine rings is 1. The zero-order chi connectivity index (χ0) is 15.9. The summed E-state index contributed by atoms with van der Waals surface area (Å²) >= 11 is 0. The number of rotatable bonds is 6. The van der Waals surface area contributed by atoms with Gasteiger partial charge in [0, 0.05) is 32.1 Å². The van der Waals surface area contributed by atoms with Crippen LogP contribution in [-0.2, 0) is 4.79 Å². The van der Waals surface area contributed by atoms with E-state index in [0.717, 1.165) is 38.8 Å². The van der Waals surface area contributed by atoms with Crippen LogP contribution in [0.5, 0.6) is 0 Å². The summed E-state index contributed by atoms with van der Waals surface area (Å²) in [5, 5.41) is 0. The Bertz CT molecular complexity index is 476. The van der Waals surface area contributed by atoms with Gasteiger partial charge >= 0.3 is 0 Å². The molecule has 1 aliphatic heterocycles. The minimum atomic E-state index is -0.00187. The van der Waals surface area contributed by atoms with Crippen LogP contribution in [0.2, 0.25) is 0 Å². The van der Waals surface area contributed by atoms with Crippen LogP contribution in [0.1, 0.15) is 49.9 Å². The summed E-state index contributed by atoms with van der Waals surface area (Å²) in [7, 11) is 0. The Kier molecular flexibility index (Phi) is 6.04. The summed E-state index contributed by atoms with van der Waals surface area (Å²) in [5.74, 6) is 0.314. The predicted octanol–water partition coefficient (Wildman–Crippen LogP) is 2.78. The van der Waals surface area contributed by atoms with E-state index in [2.05, 4.69) is 6.92 Å². The Balaban J connectivity index is 1.86. The fourth-order valence-corrected chi connectivity index (χ4v) is 2.93. The van der Waals surface area contributed by atoms with E-state index in [9.17, 15) is 9.59 Å². The molecule has 122 valence electrons. The maximum atomic E-state index is 12.5. The Labute approximate surface area is 132 Å². The smallest absolute Gasteiger partial charge is 0.257 e. The highest BCUT2D eigenvalue weighted by molar-refractivity contribution is 5.94. The van der Waals surface area contributed by atoms with Crippen molar-refractivity contribution in [3.63, 3.8) is 0 Å². The van der Waals surface area contributed by atoms with Crippen molar-refractivity contribution in [2.75, 3.05) is 26.2 Å². The van der Waals surface area contributed by atoms with Crippen molar-refractivity contribution in [2.45, 2.75) is 39.5 Å². The van der Waals surface area contributed by atoms with Gasteiger partial charge < -0.3 is 14.2 Å². The van der Waals surface area contributed by atoms with Crippen molar-refractivity contribution < 1.29 is 14.0 Å². The molecule has 0 radical (unpaired) electrons. The second kappa shape index (κ2) is 8.01. The van der Waals surface area contributed by atoms with Gasteiger partial charge in [-0.3, -0.25) is 9.59 Å². The van der Waals surface area contributed by atoms with Crippen molar-refractivity contribution in [3.8, 4) is 0 Å². The van der Waals surface area contributed by atoms with E-state index in [4.69, 9.17) is 4.42 Å². The third kappa shape index (κ3) is 3.90. The number of carbonyl (C=O) groups is 2. The van der Waals surface area contributed by atoms with E-state index in [-0.39, 0.29) is 17.7 Å². The summed E-state index contributed by atoms with van der Waals surface area (Å²) in [6, 6.07) is 1.68. The maximum absolute atomic E-state index is 12.5. The van der Waals surface area contributed by atoms with Crippen LogP contribution >= 0.6 is 0 Å². The van der Waals surface area contributed by atoms with E-state index >= 15 is 0 Å². The molecule has 2 amide bonds. The average Bonchev–Trinajstić information content (AvgIpc) is 3.09. The molecule has 1 saturated heterocycles. The summed E-state index contributed by atoms with van der Waals surface area (Å²) in [4.78, 5) is 28.6. The molecule has 1 fully saturated rings. The van der Waals surface area contributed by atoms with Crippen molar-refractivity contribution >= 4 is 11.8 Å². The highest BCUT2D eigenvalue weighted by atomic mass is 16.3. The van der Waals surface area contributed by atoms with Crippen LogP contribution in [0.3, 0.4) is 0 Å². The minimum Gasteiger partial charge on any atom is -0.472 e. The van der Waals surface area contributed by atoms with Crippen LogP contribution in [0.25, 0.3) is 0 Å². The molecule has 5 heteroatoms. The van der Waals surface area contributed by atoms with E-state index in [1.165, 1.54) is 12.5 Å². The number of likely N-dealkylation sites (tertiary alicyclic amines) is 1. The Hall–Kier alpha value is -1.78. The zero-order valence-electron chi connectivity index (χ0n) is 13.6. The molecule has 1 aromatic rings. The van der Waals surface area contributed by atoms with Gasteiger partial charge in [-0.2, -0.15) is 0 Å². The Morgan fingerprint density at radius 2 is 2.05 bits per heavy atom. The van der Waals surface area contributed by atoms with Crippen LogP contribution in [0, 0.1) is 5.92 Å². The lowest BCUT2D eigenvalue weighted by molar-refractivity contribution is -0.136. The molecule has 1 aromatic heterocycles. The normalized spacial score (nSPS) is 15.8. The molecule has 0 unspecified atom stereocenters. The van der Waals surface area contributed by atoms with E-state index in [0.29, 0.717) is 18.7 Å².